The third-order valence-corrected chi connectivity index (χ3v) is 9.74. The fraction of sp³-hybridized carbons (Fsp3) is 0.333. The van der Waals surface area contributed by atoms with Crippen molar-refractivity contribution in [2.45, 2.75) is 49.2 Å². The van der Waals surface area contributed by atoms with Crippen LogP contribution in [-0.4, -0.2) is 54.1 Å². The molecule has 42 heavy (non-hydrogen) atoms. The van der Waals surface area contributed by atoms with Crippen LogP contribution in [0.25, 0.3) is 10.9 Å². The Morgan fingerprint density at radius 3 is 2.76 bits per heavy atom. The molecule has 3 aliphatic rings. The molecule has 216 valence electrons. The molecule has 3 aromatic heterocycles. The van der Waals surface area contributed by atoms with E-state index in [4.69, 9.17) is 9.72 Å². The fourth-order valence-corrected chi connectivity index (χ4v) is 6.93. The highest BCUT2D eigenvalue weighted by molar-refractivity contribution is 7.91. The Morgan fingerprint density at radius 1 is 1.10 bits per heavy atom. The van der Waals surface area contributed by atoms with Gasteiger partial charge in [0.2, 0.25) is 0 Å². The van der Waals surface area contributed by atoms with Gasteiger partial charge < -0.3 is 15.0 Å². The van der Waals surface area contributed by atoms with Crippen molar-refractivity contribution in [3.8, 4) is 0 Å². The second kappa shape index (κ2) is 10.1. The average Bonchev–Trinajstić information content (AvgIpc) is 3.67. The highest BCUT2D eigenvalue weighted by Gasteiger charge is 2.58. The fourth-order valence-electron chi connectivity index (χ4n) is 5.54. The van der Waals surface area contributed by atoms with Crippen molar-refractivity contribution in [2.75, 3.05) is 23.8 Å². The summed E-state index contributed by atoms with van der Waals surface area (Å²) < 4.78 is 58.0. The molecule has 0 unspecified atom stereocenters. The minimum absolute atomic E-state index is 0.112. The Balaban J connectivity index is 1.11. The maximum absolute atomic E-state index is 13.7. The molecule has 0 saturated heterocycles. The predicted octanol–water partition coefficient (Wildman–Crippen LogP) is 4.47. The molecule has 1 saturated carbocycles. The van der Waals surface area contributed by atoms with E-state index in [2.05, 4.69) is 15.3 Å². The number of hydrogen-bond donors (Lipinski definition) is 1. The van der Waals surface area contributed by atoms with Gasteiger partial charge in [-0.2, -0.15) is 0 Å². The average molecular weight is 592 g/mol. The molecule has 1 aromatic carbocycles. The van der Waals surface area contributed by atoms with Gasteiger partial charge in [-0.1, -0.05) is 12.1 Å². The third-order valence-electron chi connectivity index (χ3n) is 7.98. The number of amides is 1. The Kier molecular flexibility index (Phi) is 6.43. The summed E-state index contributed by atoms with van der Waals surface area (Å²) in [4.78, 5) is 29.0. The van der Waals surface area contributed by atoms with E-state index < -0.39 is 27.6 Å². The molecular formula is C30H27F2N5O4S. The number of nitrogens with one attached hydrogen (secondary N) is 1. The van der Waals surface area contributed by atoms with Gasteiger partial charge in [0.05, 0.1) is 53.2 Å². The van der Waals surface area contributed by atoms with Crippen LogP contribution in [0.3, 0.4) is 0 Å². The van der Waals surface area contributed by atoms with E-state index in [1.54, 1.807) is 30.5 Å². The van der Waals surface area contributed by atoms with Gasteiger partial charge >= 0.3 is 0 Å². The van der Waals surface area contributed by atoms with Gasteiger partial charge in [-0.3, -0.25) is 9.78 Å². The lowest BCUT2D eigenvalue weighted by Gasteiger charge is -2.29. The number of benzene rings is 1. The van der Waals surface area contributed by atoms with Crippen molar-refractivity contribution in [2.24, 2.45) is 0 Å². The summed E-state index contributed by atoms with van der Waals surface area (Å²) in [7, 11) is -3.53. The van der Waals surface area contributed by atoms with E-state index in [-0.39, 0.29) is 42.4 Å². The molecule has 5 heterocycles. The quantitative estimate of drug-likeness (QED) is 0.362. The second-order valence-corrected chi connectivity index (χ2v) is 13.0. The van der Waals surface area contributed by atoms with Crippen molar-refractivity contribution in [1.82, 2.24) is 20.3 Å². The van der Waals surface area contributed by atoms with E-state index >= 15 is 0 Å². The Bertz CT molecular complexity index is 1850. The van der Waals surface area contributed by atoms with Gasteiger partial charge in [0, 0.05) is 30.1 Å². The smallest absolute Gasteiger partial charge is 0.257 e. The van der Waals surface area contributed by atoms with Crippen LogP contribution in [0.5, 0.6) is 0 Å². The summed E-state index contributed by atoms with van der Waals surface area (Å²) in [6.45, 7) is 1.08. The van der Waals surface area contributed by atoms with Gasteiger partial charge in [-0.05, 0) is 60.4 Å². The topological polar surface area (TPSA) is 114 Å². The highest BCUT2D eigenvalue weighted by atomic mass is 32.2. The molecule has 1 fully saturated rings. The molecule has 4 aromatic rings. The summed E-state index contributed by atoms with van der Waals surface area (Å²) in [6.07, 6.45) is 3.22. The third kappa shape index (κ3) is 4.98. The molecule has 0 spiro atoms. The van der Waals surface area contributed by atoms with Crippen LogP contribution in [0.2, 0.25) is 0 Å². The van der Waals surface area contributed by atoms with Crippen molar-refractivity contribution < 1.29 is 26.7 Å². The van der Waals surface area contributed by atoms with Crippen molar-refractivity contribution in [3.63, 3.8) is 0 Å². The minimum Gasteiger partial charge on any atom is -0.376 e. The van der Waals surface area contributed by atoms with Crippen LogP contribution >= 0.6 is 0 Å². The molecule has 1 atom stereocenters. The number of aromatic nitrogens is 3. The first kappa shape index (κ1) is 26.8. The van der Waals surface area contributed by atoms with E-state index in [9.17, 15) is 22.0 Å². The SMILES string of the molecule is O=C(NCc1cc2nc(N3CCCc4ccc([C@@H]5CC5(F)F)nc43)ccc2cn1)c1ccc2c(c1)S(=O)(=O)CCOC2. The summed E-state index contributed by atoms with van der Waals surface area (Å²) >= 11 is 0. The van der Waals surface area contributed by atoms with Gasteiger partial charge in [0.1, 0.15) is 11.6 Å². The number of sulfone groups is 1. The largest absolute Gasteiger partial charge is 0.376 e. The predicted molar refractivity (Wildman–Crippen MR) is 151 cm³/mol. The van der Waals surface area contributed by atoms with Crippen molar-refractivity contribution >= 4 is 38.3 Å². The number of aryl methyl sites for hydroxylation is 1. The van der Waals surface area contributed by atoms with E-state index in [0.717, 1.165) is 23.8 Å². The zero-order valence-corrected chi connectivity index (χ0v) is 23.3. The Hall–Kier alpha value is -4.03. The maximum atomic E-state index is 13.7. The maximum Gasteiger partial charge on any atom is 0.257 e. The summed E-state index contributed by atoms with van der Waals surface area (Å²) in [5, 5.41) is 3.62. The first-order valence-electron chi connectivity index (χ1n) is 13.8. The van der Waals surface area contributed by atoms with Crippen LogP contribution in [0.1, 0.15) is 51.6 Å². The number of alkyl halides is 2. The number of carbonyl (C=O) groups excluding carboxylic acids is 1. The lowest BCUT2D eigenvalue weighted by Crippen LogP contribution is -2.27. The van der Waals surface area contributed by atoms with E-state index in [0.29, 0.717) is 40.6 Å². The van der Waals surface area contributed by atoms with E-state index in [1.807, 2.05) is 23.1 Å². The summed E-state index contributed by atoms with van der Waals surface area (Å²) in [5.41, 5.74) is 3.43. The lowest BCUT2D eigenvalue weighted by molar-refractivity contribution is 0.0949. The number of anilines is 2. The van der Waals surface area contributed by atoms with Crippen LogP contribution in [0.4, 0.5) is 20.4 Å². The Morgan fingerprint density at radius 2 is 1.93 bits per heavy atom. The number of fused-ring (bicyclic) bond motifs is 3. The van der Waals surface area contributed by atoms with E-state index in [1.165, 1.54) is 6.07 Å². The first-order valence-corrected chi connectivity index (χ1v) is 15.5. The molecule has 1 N–H and O–H groups in total. The molecule has 9 nitrogen and oxygen atoms in total. The summed E-state index contributed by atoms with van der Waals surface area (Å²) in [5.74, 6) is -2.74. The Labute approximate surface area is 240 Å². The minimum atomic E-state index is -3.53. The van der Waals surface area contributed by atoms with Gasteiger partial charge in [0.15, 0.2) is 9.84 Å². The monoisotopic (exact) mass is 591 g/mol. The lowest BCUT2D eigenvalue weighted by atomic mass is 10.0. The molecule has 0 radical (unpaired) electrons. The second-order valence-electron chi connectivity index (χ2n) is 10.9. The van der Waals surface area contributed by atoms with Crippen LogP contribution in [-0.2, 0) is 34.1 Å². The molecule has 7 rings (SSSR count). The number of hydrogen-bond acceptors (Lipinski definition) is 8. The zero-order valence-electron chi connectivity index (χ0n) is 22.5. The normalized spacial score (nSPS) is 20.3. The first-order chi connectivity index (χ1) is 20.2. The van der Waals surface area contributed by atoms with Gasteiger partial charge in [-0.15, -0.1) is 0 Å². The van der Waals surface area contributed by atoms with Gasteiger partial charge in [0.25, 0.3) is 11.8 Å². The van der Waals surface area contributed by atoms with Gasteiger partial charge in [-0.25, -0.2) is 27.2 Å². The standard InChI is InChI=1S/C30H27F2N5O4S/c31-30(32)14-23(30)24-7-5-18-2-1-9-37(28(18)36-24)27-8-6-20-15-33-22(13-25(20)35-27)16-34-29(38)19-3-4-21-17-41-10-11-42(39,40)26(21)12-19/h3-8,12-13,15,23H,1-2,9-11,14,16-17H2,(H,34,38)/t23-/m0/s1. The number of pyridine rings is 3. The zero-order chi connectivity index (χ0) is 29.1. The molecule has 12 heteroatoms. The molecule has 1 aliphatic carbocycles. The number of nitrogens with zero attached hydrogens (tertiary/aromatic N) is 4. The molecule has 2 aliphatic heterocycles. The van der Waals surface area contributed by atoms with Crippen LogP contribution in [0, 0.1) is 0 Å². The highest BCUT2D eigenvalue weighted by Crippen LogP contribution is 2.55. The number of ether oxygens (including phenoxy) is 1. The number of halogens is 2. The van der Waals surface area contributed by atoms with Crippen LogP contribution < -0.4 is 10.2 Å². The van der Waals surface area contributed by atoms with Crippen LogP contribution in [0.15, 0.2) is 59.6 Å². The molecule has 1 amide bonds. The van der Waals surface area contributed by atoms with Crippen molar-refractivity contribution in [1.29, 1.82) is 0 Å². The summed E-state index contributed by atoms with van der Waals surface area (Å²) in [6, 6.07) is 13.8. The number of carbonyl (C=O) groups is 1. The van der Waals surface area contributed by atoms with Crippen molar-refractivity contribution in [3.05, 3.63) is 82.8 Å². The molecular weight excluding hydrogens is 564 g/mol. The molecule has 0 bridgehead atoms. The number of rotatable bonds is 5.